The van der Waals surface area contributed by atoms with Gasteiger partial charge in [0, 0.05) is 0 Å². The number of ether oxygens (including phenoxy) is 1. The summed E-state index contributed by atoms with van der Waals surface area (Å²) < 4.78 is 5.27. The number of rotatable bonds is 5. The number of aromatic nitrogens is 1. The van der Waals surface area contributed by atoms with Crippen molar-refractivity contribution in [3.8, 4) is 5.75 Å². The molecule has 24 heavy (non-hydrogen) atoms. The van der Waals surface area contributed by atoms with Gasteiger partial charge in [0.15, 0.2) is 6.61 Å². The Morgan fingerprint density at radius 2 is 2.17 bits per heavy atom. The zero-order valence-corrected chi connectivity index (χ0v) is 13.0. The maximum Gasteiger partial charge on any atom is 0.406 e. The van der Waals surface area contributed by atoms with E-state index in [9.17, 15) is 14.9 Å². The highest BCUT2D eigenvalue weighted by atomic mass is 16.6. The van der Waals surface area contributed by atoms with E-state index >= 15 is 0 Å². The average Bonchev–Trinajstić information content (AvgIpc) is 2.60. The van der Waals surface area contributed by atoms with Crippen molar-refractivity contribution in [2.75, 3.05) is 6.61 Å². The molecule has 1 aliphatic rings. The van der Waals surface area contributed by atoms with E-state index in [1.807, 2.05) is 18.2 Å². The largest absolute Gasteiger partial charge is 0.476 e. The summed E-state index contributed by atoms with van der Waals surface area (Å²) in [4.78, 5) is 26.0. The summed E-state index contributed by atoms with van der Waals surface area (Å²) in [5.41, 5.74) is 2.38. The van der Waals surface area contributed by atoms with Crippen molar-refractivity contribution in [2.24, 2.45) is 0 Å². The van der Waals surface area contributed by atoms with Crippen LogP contribution < -0.4 is 10.1 Å². The van der Waals surface area contributed by atoms with Gasteiger partial charge in [-0.1, -0.05) is 24.3 Å². The van der Waals surface area contributed by atoms with Gasteiger partial charge in [0.05, 0.1) is 6.04 Å². The second-order valence-corrected chi connectivity index (χ2v) is 5.58. The molecule has 7 heteroatoms. The maximum absolute atomic E-state index is 12.1. The number of carbonyl (C=O) groups excluding carboxylic acids is 1. The van der Waals surface area contributed by atoms with Gasteiger partial charge in [0.25, 0.3) is 5.91 Å². The number of nitrogens with zero attached hydrogens (tertiary/aromatic N) is 2. The number of benzene rings is 1. The lowest BCUT2D eigenvalue weighted by Crippen LogP contribution is -2.34. The molecule has 1 atom stereocenters. The van der Waals surface area contributed by atoms with Gasteiger partial charge in [0.2, 0.25) is 5.75 Å². The van der Waals surface area contributed by atoms with Crippen molar-refractivity contribution in [3.63, 3.8) is 0 Å². The van der Waals surface area contributed by atoms with Gasteiger partial charge in [-0.3, -0.25) is 4.79 Å². The molecule has 0 fully saturated rings. The number of hydrogen-bond donors (Lipinski definition) is 1. The molecule has 124 valence electrons. The molecule has 0 spiro atoms. The van der Waals surface area contributed by atoms with Crippen LogP contribution in [0, 0.1) is 10.1 Å². The number of nitrogens with one attached hydrogen (secondary N) is 1. The van der Waals surface area contributed by atoms with Crippen molar-refractivity contribution in [2.45, 2.75) is 25.3 Å². The third kappa shape index (κ3) is 3.51. The lowest BCUT2D eigenvalue weighted by Gasteiger charge is -2.26. The van der Waals surface area contributed by atoms with Gasteiger partial charge in [-0.05, 0) is 52.4 Å². The fourth-order valence-electron chi connectivity index (χ4n) is 2.92. The molecule has 0 saturated carbocycles. The highest BCUT2D eigenvalue weighted by Crippen LogP contribution is 2.29. The van der Waals surface area contributed by atoms with Gasteiger partial charge in [0.1, 0.15) is 6.20 Å². The van der Waals surface area contributed by atoms with Gasteiger partial charge < -0.3 is 20.2 Å². The third-order valence-corrected chi connectivity index (χ3v) is 3.99. The fraction of sp³-hybridized carbons (Fsp3) is 0.294. The van der Waals surface area contributed by atoms with E-state index in [-0.39, 0.29) is 24.3 Å². The summed E-state index contributed by atoms with van der Waals surface area (Å²) in [6.45, 7) is -0.287. The van der Waals surface area contributed by atoms with Crippen molar-refractivity contribution < 1.29 is 14.5 Å². The first-order valence-electron chi connectivity index (χ1n) is 7.74. The number of pyridine rings is 1. The quantitative estimate of drug-likeness (QED) is 0.673. The standard InChI is InChI=1S/C17H17N3O4/c21-16(11-24-15-9-4-10-18-17(15)20(22)23)19-14-8-3-6-12-5-1-2-7-13(12)14/h1-2,4-5,7,9-10,14H,3,6,8,11H2,(H,19,21). The topological polar surface area (TPSA) is 94.4 Å². The molecule has 3 rings (SSSR count). The van der Waals surface area contributed by atoms with E-state index in [2.05, 4.69) is 16.4 Å². The van der Waals surface area contributed by atoms with Gasteiger partial charge in [-0.15, -0.1) is 0 Å². The van der Waals surface area contributed by atoms with Crippen LogP contribution in [0.5, 0.6) is 5.75 Å². The average molecular weight is 327 g/mol. The molecule has 1 amide bonds. The first-order valence-corrected chi connectivity index (χ1v) is 7.74. The summed E-state index contributed by atoms with van der Waals surface area (Å²) in [6, 6.07) is 10.9. The molecule has 0 bridgehead atoms. The maximum atomic E-state index is 12.1. The first-order chi connectivity index (χ1) is 11.6. The molecule has 1 aromatic carbocycles. The Bertz CT molecular complexity index is 763. The molecule has 0 radical (unpaired) electrons. The van der Waals surface area contributed by atoms with Crippen LogP contribution in [-0.4, -0.2) is 22.4 Å². The van der Waals surface area contributed by atoms with Crippen LogP contribution in [0.25, 0.3) is 0 Å². The molecule has 1 aliphatic carbocycles. The van der Waals surface area contributed by atoms with Crippen LogP contribution in [0.15, 0.2) is 42.6 Å². The van der Waals surface area contributed by atoms with Crippen molar-refractivity contribution in [1.82, 2.24) is 10.3 Å². The number of carbonyl (C=O) groups is 1. The number of fused-ring (bicyclic) bond motifs is 1. The zero-order valence-electron chi connectivity index (χ0n) is 13.0. The highest BCUT2D eigenvalue weighted by Gasteiger charge is 2.22. The lowest BCUT2D eigenvalue weighted by atomic mass is 9.88. The molecule has 0 saturated heterocycles. The number of aryl methyl sites for hydroxylation is 1. The summed E-state index contributed by atoms with van der Waals surface area (Å²) in [7, 11) is 0. The van der Waals surface area contributed by atoms with Crippen LogP contribution in [0.3, 0.4) is 0 Å². The van der Waals surface area contributed by atoms with Crippen LogP contribution in [0.1, 0.15) is 30.0 Å². The minimum atomic E-state index is -0.634. The summed E-state index contributed by atoms with van der Waals surface area (Å²) in [5, 5.41) is 13.8. The first kappa shape index (κ1) is 15.9. The van der Waals surface area contributed by atoms with E-state index < -0.39 is 10.7 Å². The van der Waals surface area contributed by atoms with Gasteiger partial charge >= 0.3 is 5.82 Å². The zero-order chi connectivity index (χ0) is 16.9. The van der Waals surface area contributed by atoms with E-state index in [1.165, 1.54) is 23.9 Å². The Morgan fingerprint density at radius 3 is 3.00 bits per heavy atom. The molecular weight excluding hydrogens is 310 g/mol. The molecule has 1 unspecified atom stereocenters. The van der Waals surface area contributed by atoms with Crippen molar-refractivity contribution in [1.29, 1.82) is 0 Å². The monoisotopic (exact) mass is 327 g/mol. The van der Waals surface area contributed by atoms with E-state index in [0.29, 0.717) is 0 Å². The molecule has 0 aliphatic heterocycles. The molecule has 1 N–H and O–H groups in total. The van der Waals surface area contributed by atoms with Crippen LogP contribution in [-0.2, 0) is 11.2 Å². The van der Waals surface area contributed by atoms with Gasteiger partial charge in [-0.25, -0.2) is 0 Å². The Kier molecular flexibility index (Phi) is 4.69. The summed E-state index contributed by atoms with van der Waals surface area (Å²) in [6.07, 6.45) is 4.21. The van der Waals surface area contributed by atoms with E-state index in [4.69, 9.17) is 4.74 Å². The minimum absolute atomic E-state index is 0.0123. The summed E-state index contributed by atoms with van der Waals surface area (Å²) in [5.74, 6) is -0.718. The number of hydrogen-bond acceptors (Lipinski definition) is 5. The highest BCUT2D eigenvalue weighted by molar-refractivity contribution is 5.78. The molecule has 7 nitrogen and oxygen atoms in total. The Morgan fingerprint density at radius 1 is 1.33 bits per heavy atom. The molecular formula is C17H17N3O4. The Labute approximate surface area is 138 Å². The number of nitro groups is 1. The van der Waals surface area contributed by atoms with Crippen LogP contribution >= 0.6 is 0 Å². The second kappa shape index (κ2) is 7.08. The second-order valence-electron chi connectivity index (χ2n) is 5.58. The summed E-state index contributed by atoms with van der Waals surface area (Å²) >= 11 is 0. The Hall–Kier alpha value is -2.96. The van der Waals surface area contributed by atoms with E-state index in [1.54, 1.807) is 0 Å². The molecule has 1 heterocycles. The fourth-order valence-corrected chi connectivity index (χ4v) is 2.92. The van der Waals surface area contributed by atoms with Crippen molar-refractivity contribution >= 4 is 11.7 Å². The van der Waals surface area contributed by atoms with Crippen LogP contribution in [0.4, 0.5) is 5.82 Å². The lowest BCUT2D eigenvalue weighted by molar-refractivity contribution is -0.390. The molecule has 1 aromatic heterocycles. The smallest absolute Gasteiger partial charge is 0.406 e. The number of amides is 1. The van der Waals surface area contributed by atoms with Crippen molar-refractivity contribution in [3.05, 3.63) is 63.8 Å². The Balaban J connectivity index is 1.62. The normalized spacial score (nSPS) is 16.1. The SMILES string of the molecule is O=C(COc1cccnc1[N+](=O)[O-])NC1CCCc2ccccc21. The minimum Gasteiger partial charge on any atom is -0.476 e. The van der Waals surface area contributed by atoms with Gasteiger partial charge in [-0.2, -0.15) is 0 Å². The van der Waals surface area contributed by atoms with Crippen LogP contribution in [0.2, 0.25) is 0 Å². The predicted molar refractivity (Wildman–Crippen MR) is 86.7 cm³/mol. The predicted octanol–water partition coefficient (Wildman–Crippen LogP) is 2.56. The molecule has 2 aromatic rings. The van der Waals surface area contributed by atoms with E-state index in [0.717, 1.165) is 24.8 Å². The third-order valence-electron chi connectivity index (χ3n) is 3.99.